The molecule has 0 heterocycles. The fourth-order valence-electron chi connectivity index (χ4n) is 2.66. The molecule has 0 radical (unpaired) electrons. The Balaban J connectivity index is 1.81. The van der Waals surface area contributed by atoms with Crippen molar-refractivity contribution in [3.63, 3.8) is 0 Å². The van der Waals surface area contributed by atoms with Crippen molar-refractivity contribution in [2.75, 3.05) is 0 Å². The Morgan fingerprint density at radius 3 is 2.09 bits per heavy atom. The molecule has 0 amide bonds. The Bertz CT molecular complexity index is 790. The van der Waals surface area contributed by atoms with Gasteiger partial charge >= 0.3 is 0 Å². The predicted octanol–water partition coefficient (Wildman–Crippen LogP) is 5.73. The van der Waals surface area contributed by atoms with Gasteiger partial charge in [-0.25, -0.2) is 8.78 Å². The second kappa shape index (κ2) is 6.74. The van der Waals surface area contributed by atoms with Crippen LogP contribution in [-0.4, -0.2) is 0 Å². The Hall–Kier alpha value is -2.48. The minimum atomic E-state index is -0.766. The highest BCUT2D eigenvalue weighted by molar-refractivity contribution is 5.64. The van der Waals surface area contributed by atoms with Crippen molar-refractivity contribution in [2.45, 2.75) is 19.8 Å². The second-order valence-corrected chi connectivity index (χ2v) is 5.75. The molecule has 0 aliphatic heterocycles. The van der Waals surface area contributed by atoms with Crippen LogP contribution in [0, 0.1) is 18.6 Å². The molecule has 0 spiro atoms. The monoisotopic (exact) mass is 308 g/mol. The third-order valence-electron chi connectivity index (χ3n) is 4.05. The first-order valence-corrected chi connectivity index (χ1v) is 7.73. The van der Waals surface area contributed by atoms with E-state index in [0.717, 1.165) is 5.56 Å². The van der Waals surface area contributed by atoms with E-state index in [4.69, 9.17) is 0 Å². The molecular weight excluding hydrogens is 290 g/mol. The van der Waals surface area contributed by atoms with Crippen molar-refractivity contribution >= 4 is 0 Å². The van der Waals surface area contributed by atoms with Gasteiger partial charge in [-0.2, -0.15) is 0 Å². The molecule has 0 unspecified atom stereocenters. The van der Waals surface area contributed by atoms with Crippen molar-refractivity contribution in [2.24, 2.45) is 0 Å². The van der Waals surface area contributed by atoms with Gasteiger partial charge in [0.05, 0.1) is 0 Å². The number of hydrogen-bond acceptors (Lipinski definition) is 0. The highest BCUT2D eigenvalue weighted by Crippen LogP contribution is 2.26. The van der Waals surface area contributed by atoms with Gasteiger partial charge in [0.2, 0.25) is 0 Å². The third-order valence-corrected chi connectivity index (χ3v) is 4.05. The zero-order valence-corrected chi connectivity index (χ0v) is 13.0. The first-order valence-electron chi connectivity index (χ1n) is 7.73. The van der Waals surface area contributed by atoms with E-state index < -0.39 is 11.6 Å². The molecule has 0 aromatic heterocycles. The molecule has 0 N–H and O–H groups in total. The zero-order chi connectivity index (χ0) is 16.2. The molecule has 0 aliphatic carbocycles. The molecule has 3 aromatic rings. The summed E-state index contributed by atoms with van der Waals surface area (Å²) in [5.41, 5.74) is 3.74. The smallest absolute Gasteiger partial charge is 0.166 e. The summed E-state index contributed by atoms with van der Waals surface area (Å²) in [6.45, 7) is 2.03. The van der Waals surface area contributed by atoms with Crippen molar-refractivity contribution in [1.82, 2.24) is 0 Å². The molecule has 0 fully saturated rings. The Morgan fingerprint density at radius 2 is 1.39 bits per heavy atom. The highest BCUT2D eigenvalue weighted by atomic mass is 19.2. The largest absolute Gasteiger partial charge is 0.203 e. The van der Waals surface area contributed by atoms with Gasteiger partial charge in [-0.15, -0.1) is 0 Å². The third kappa shape index (κ3) is 3.48. The fraction of sp³-hybridized carbons (Fsp3) is 0.143. The average Bonchev–Trinajstić information content (AvgIpc) is 2.58. The normalized spacial score (nSPS) is 10.7. The van der Waals surface area contributed by atoms with Crippen molar-refractivity contribution < 1.29 is 8.78 Å². The average molecular weight is 308 g/mol. The lowest BCUT2D eigenvalue weighted by Gasteiger charge is -2.09. The molecule has 0 aliphatic rings. The number of rotatable bonds is 4. The molecule has 0 atom stereocenters. The lowest BCUT2D eigenvalue weighted by Crippen LogP contribution is -1.99. The maximum Gasteiger partial charge on any atom is 0.166 e. The summed E-state index contributed by atoms with van der Waals surface area (Å²) in [6.07, 6.45) is 1.18. The van der Waals surface area contributed by atoms with Crippen LogP contribution in [0.2, 0.25) is 0 Å². The summed E-state index contributed by atoms with van der Waals surface area (Å²) in [5, 5.41) is 0. The standard InChI is InChI=1S/C21H18F2/c1-15-7-9-16(10-8-15)11-12-18-13-14-19(21(23)20(18)22)17-5-3-2-4-6-17/h2-10,13-14H,11-12H2,1H3. The maximum atomic E-state index is 14.4. The zero-order valence-electron chi connectivity index (χ0n) is 13.0. The number of halogens is 2. The molecule has 0 saturated heterocycles. The lowest BCUT2D eigenvalue weighted by atomic mass is 9.99. The van der Waals surface area contributed by atoms with Gasteiger partial charge in [0.25, 0.3) is 0 Å². The lowest BCUT2D eigenvalue weighted by molar-refractivity contribution is 0.501. The van der Waals surface area contributed by atoms with Gasteiger partial charge in [0, 0.05) is 5.56 Å². The van der Waals surface area contributed by atoms with E-state index >= 15 is 0 Å². The topological polar surface area (TPSA) is 0 Å². The van der Waals surface area contributed by atoms with Gasteiger partial charge in [0.15, 0.2) is 11.6 Å². The van der Waals surface area contributed by atoms with Crippen LogP contribution in [0.15, 0.2) is 66.7 Å². The molecule has 0 nitrogen and oxygen atoms in total. The van der Waals surface area contributed by atoms with Crippen LogP contribution in [0.25, 0.3) is 11.1 Å². The summed E-state index contributed by atoms with van der Waals surface area (Å²) in [4.78, 5) is 0. The molecule has 2 heteroatoms. The van der Waals surface area contributed by atoms with Crippen LogP contribution in [0.5, 0.6) is 0 Å². The quantitative estimate of drug-likeness (QED) is 0.578. The Labute approximate surface area is 135 Å². The van der Waals surface area contributed by atoms with Gasteiger partial charge in [-0.3, -0.25) is 0 Å². The van der Waals surface area contributed by atoms with Crippen molar-refractivity contribution in [3.05, 3.63) is 95.1 Å². The van der Waals surface area contributed by atoms with E-state index in [-0.39, 0.29) is 0 Å². The van der Waals surface area contributed by atoms with Gasteiger partial charge in [-0.1, -0.05) is 72.3 Å². The van der Waals surface area contributed by atoms with E-state index in [0.29, 0.717) is 29.5 Å². The minimum Gasteiger partial charge on any atom is -0.203 e. The fourth-order valence-corrected chi connectivity index (χ4v) is 2.66. The summed E-state index contributed by atoms with van der Waals surface area (Å²) in [7, 11) is 0. The second-order valence-electron chi connectivity index (χ2n) is 5.75. The van der Waals surface area contributed by atoms with Crippen LogP contribution >= 0.6 is 0 Å². The summed E-state index contributed by atoms with van der Waals surface area (Å²) >= 11 is 0. The first-order chi connectivity index (χ1) is 11.1. The van der Waals surface area contributed by atoms with E-state index in [1.54, 1.807) is 24.3 Å². The highest BCUT2D eigenvalue weighted by Gasteiger charge is 2.14. The summed E-state index contributed by atoms with van der Waals surface area (Å²) in [5.74, 6) is -1.50. The SMILES string of the molecule is Cc1ccc(CCc2ccc(-c3ccccc3)c(F)c2F)cc1. The number of aryl methyl sites for hydroxylation is 3. The molecule has 23 heavy (non-hydrogen) atoms. The summed E-state index contributed by atoms with van der Waals surface area (Å²) in [6, 6.07) is 20.5. The predicted molar refractivity (Wildman–Crippen MR) is 90.4 cm³/mol. The maximum absolute atomic E-state index is 14.4. The van der Waals surface area contributed by atoms with E-state index in [2.05, 4.69) is 0 Å². The van der Waals surface area contributed by atoms with Gasteiger partial charge in [0.1, 0.15) is 0 Å². The number of hydrogen-bond donors (Lipinski definition) is 0. The molecular formula is C21H18F2. The van der Waals surface area contributed by atoms with E-state index in [1.807, 2.05) is 49.4 Å². The molecule has 0 bridgehead atoms. The van der Waals surface area contributed by atoms with Crippen molar-refractivity contribution in [1.29, 1.82) is 0 Å². The van der Waals surface area contributed by atoms with Crippen LogP contribution < -0.4 is 0 Å². The van der Waals surface area contributed by atoms with E-state index in [1.165, 1.54) is 5.56 Å². The van der Waals surface area contributed by atoms with Crippen LogP contribution in [0.1, 0.15) is 16.7 Å². The molecule has 116 valence electrons. The molecule has 0 saturated carbocycles. The minimum absolute atomic E-state index is 0.308. The van der Waals surface area contributed by atoms with Gasteiger partial charge in [-0.05, 0) is 36.5 Å². The Morgan fingerprint density at radius 1 is 0.696 bits per heavy atom. The van der Waals surface area contributed by atoms with Crippen molar-refractivity contribution in [3.8, 4) is 11.1 Å². The summed E-state index contributed by atoms with van der Waals surface area (Å²) < 4.78 is 28.7. The Kier molecular flexibility index (Phi) is 4.52. The van der Waals surface area contributed by atoms with Crippen LogP contribution in [0.4, 0.5) is 8.78 Å². The van der Waals surface area contributed by atoms with Crippen LogP contribution in [-0.2, 0) is 12.8 Å². The first kappa shape index (κ1) is 15.4. The van der Waals surface area contributed by atoms with Gasteiger partial charge < -0.3 is 0 Å². The van der Waals surface area contributed by atoms with Crippen LogP contribution in [0.3, 0.4) is 0 Å². The van der Waals surface area contributed by atoms with E-state index in [9.17, 15) is 8.78 Å². The molecule has 3 aromatic carbocycles. The number of benzene rings is 3. The molecule has 3 rings (SSSR count).